The molecule has 0 radical (unpaired) electrons. The van der Waals surface area contributed by atoms with Crippen LogP contribution in [0.4, 0.5) is 29.3 Å². The summed E-state index contributed by atoms with van der Waals surface area (Å²) in [6, 6.07) is 9.66. The third-order valence-electron chi connectivity index (χ3n) is 3.60. The third-order valence-corrected chi connectivity index (χ3v) is 3.60. The van der Waals surface area contributed by atoms with Crippen molar-refractivity contribution in [3.8, 4) is 0 Å². The highest BCUT2D eigenvalue weighted by Crippen LogP contribution is 2.29. The first-order valence-electron chi connectivity index (χ1n) is 8.32. The van der Waals surface area contributed by atoms with Crippen molar-refractivity contribution in [2.75, 3.05) is 17.2 Å². The van der Waals surface area contributed by atoms with Gasteiger partial charge in [-0.25, -0.2) is 9.59 Å². The van der Waals surface area contributed by atoms with Crippen LogP contribution in [-0.4, -0.2) is 18.6 Å². The number of alkyl halides is 3. The van der Waals surface area contributed by atoms with E-state index in [-0.39, 0.29) is 23.5 Å². The zero-order valence-corrected chi connectivity index (χ0v) is 14.6. The number of amides is 2. The van der Waals surface area contributed by atoms with Crippen molar-refractivity contribution < 1.29 is 27.5 Å². The summed E-state index contributed by atoms with van der Waals surface area (Å²) in [7, 11) is 0. The Labute approximate surface area is 154 Å². The van der Waals surface area contributed by atoms with Crippen molar-refractivity contribution >= 4 is 23.4 Å². The van der Waals surface area contributed by atoms with Crippen molar-refractivity contribution in [3.63, 3.8) is 0 Å². The highest BCUT2D eigenvalue weighted by molar-refractivity contribution is 6.05. The molecule has 0 spiro atoms. The van der Waals surface area contributed by atoms with Gasteiger partial charge in [-0.2, -0.15) is 13.2 Å². The molecule has 0 atom stereocenters. The second kappa shape index (κ2) is 9.07. The van der Waals surface area contributed by atoms with Gasteiger partial charge >= 0.3 is 18.2 Å². The van der Waals surface area contributed by atoms with Gasteiger partial charge in [0.15, 0.2) is 0 Å². The molecule has 27 heavy (non-hydrogen) atoms. The molecule has 0 heterocycles. The highest BCUT2D eigenvalue weighted by Gasteiger charge is 2.30. The number of para-hydroxylation sites is 1. The smallest absolute Gasteiger partial charge is 0.416 e. The number of rotatable bonds is 6. The first kappa shape index (κ1) is 20.3. The molecule has 0 aromatic heterocycles. The first-order valence-corrected chi connectivity index (χ1v) is 8.32. The van der Waals surface area contributed by atoms with Gasteiger partial charge in [0.2, 0.25) is 0 Å². The van der Waals surface area contributed by atoms with Crippen molar-refractivity contribution in [2.45, 2.75) is 25.9 Å². The van der Waals surface area contributed by atoms with Crippen molar-refractivity contribution in [1.29, 1.82) is 0 Å². The molecule has 5 nitrogen and oxygen atoms in total. The number of anilines is 2. The molecule has 0 bridgehead atoms. The number of esters is 1. The Morgan fingerprint density at radius 3 is 2.30 bits per heavy atom. The zero-order valence-electron chi connectivity index (χ0n) is 14.6. The summed E-state index contributed by atoms with van der Waals surface area (Å²) in [5.41, 5.74) is -0.197. The van der Waals surface area contributed by atoms with Gasteiger partial charge in [0, 0.05) is 5.69 Å². The molecule has 0 saturated carbocycles. The van der Waals surface area contributed by atoms with Crippen molar-refractivity contribution in [1.82, 2.24) is 0 Å². The van der Waals surface area contributed by atoms with Crippen LogP contribution in [0, 0.1) is 0 Å². The van der Waals surface area contributed by atoms with E-state index in [2.05, 4.69) is 10.6 Å². The Hall–Kier alpha value is -3.03. The number of carbonyl (C=O) groups excluding carboxylic acids is 2. The molecule has 0 unspecified atom stereocenters. The number of halogens is 3. The molecule has 144 valence electrons. The Morgan fingerprint density at radius 2 is 1.67 bits per heavy atom. The van der Waals surface area contributed by atoms with Crippen LogP contribution in [0.25, 0.3) is 0 Å². The maximum atomic E-state index is 12.6. The number of nitrogens with one attached hydrogen (secondary N) is 2. The van der Waals surface area contributed by atoms with Crippen LogP contribution in [-0.2, 0) is 10.9 Å². The average molecular weight is 380 g/mol. The quantitative estimate of drug-likeness (QED) is 0.527. The number of ether oxygens (including phenoxy) is 1. The Morgan fingerprint density at radius 1 is 1.00 bits per heavy atom. The van der Waals surface area contributed by atoms with E-state index < -0.39 is 23.7 Å². The molecule has 8 heteroatoms. The number of benzene rings is 2. The van der Waals surface area contributed by atoms with Crippen molar-refractivity contribution in [2.24, 2.45) is 0 Å². The molecule has 0 aliphatic heterocycles. The lowest BCUT2D eigenvalue weighted by Gasteiger charge is -2.12. The standard InChI is InChI=1S/C19H19F3N2O3/c1-2-3-12-27-17(25)15-6-4-5-7-16(15)24-18(26)23-14-10-8-13(9-11-14)19(20,21)22/h4-11H,2-3,12H2,1H3,(H2,23,24,26). The summed E-state index contributed by atoms with van der Waals surface area (Å²) in [4.78, 5) is 24.2. The Kier molecular flexibility index (Phi) is 6.81. The predicted octanol–water partition coefficient (Wildman–Crippen LogP) is 5.31. The van der Waals surface area contributed by atoms with E-state index in [1.165, 1.54) is 12.1 Å². The lowest BCUT2D eigenvalue weighted by molar-refractivity contribution is -0.137. The molecular weight excluding hydrogens is 361 g/mol. The van der Waals surface area contributed by atoms with Crippen LogP contribution in [0.15, 0.2) is 48.5 Å². The minimum absolute atomic E-state index is 0.184. The predicted molar refractivity (Wildman–Crippen MR) is 95.7 cm³/mol. The summed E-state index contributed by atoms with van der Waals surface area (Å²) in [5, 5.41) is 4.92. The van der Waals surface area contributed by atoms with E-state index in [0.29, 0.717) is 0 Å². The second-order valence-corrected chi connectivity index (χ2v) is 5.69. The van der Waals surface area contributed by atoms with Crippen LogP contribution in [0.5, 0.6) is 0 Å². The van der Waals surface area contributed by atoms with Crippen LogP contribution >= 0.6 is 0 Å². The topological polar surface area (TPSA) is 67.4 Å². The number of carbonyl (C=O) groups is 2. The summed E-state index contributed by atoms with van der Waals surface area (Å²) in [6.07, 6.45) is -2.84. The number of urea groups is 1. The average Bonchev–Trinajstić information content (AvgIpc) is 2.62. The third kappa shape index (κ3) is 6.02. The fourth-order valence-corrected chi connectivity index (χ4v) is 2.18. The van der Waals surface area contributed by atoms with Crippen LogP contribution in [0.1, 0.15) is 35.7 Å². The molecule has 2 amide bonds. The fourth-order valence-electron chi connectivity index (χ4n) is 2.18. The SMILES string of the molecule is CCCCOC(=O)c1ccccc1NC(=O)Nc1ccc(C(F)(F)F)cc1. The Bertz CT molecular complexity index is 790. The van der Waals surface area contributed by atoms with Gasteiger partial charge in [-0.15, -0.1) is 0 Å². The summed E-state index contributed by atoms with van der Waals surface area (Å²) >= 11 is 0. The lowest BCUT2D eigenvalue weighted by atomic mass is 10.2. The van der Waals surface area contributed by atoms with E-state index in [4.69, 9.17) is 4.74 Å². The summed E-state index contributed by atoms with van der Waals surface area (Å²) in [5.74, 6) is -0.561. The number of hydrogen-bond acceptors (Lipinski definition) is 3. The molecule has 0 aliphatic carbocycles. The van der Waals surface area contributed by atoms with Gasteiger partial charge in [0.1, 0.15) is 0 Å². The largest absolute Gasteiger partial charge is 0.462 e. The molecule has 2 rings (SSSR count). The van der Waals surface area contributed by atoms with Gasteiger partial charge in [-0.3, -0.25) is 0 Å². The van der Waals surface area contributed by atoms with Gasteiger partial charge in [0.05, 0.1) is 23.4 Å². The maximum absolute atomic E-state index is 12.6. The minimum Gasteiger partial charge on any atom is -0.462 e. The van der Waals surface area contributed by atoms with E-state index >= 15 is 0 Å². The summed E-state index contributed by atoms with van der Waals surface area (Å²) < 4.78 is 42.8. The second-order valence-electron chi connectivity index (χ2n) is 5.69. The van der Waals surface area contributed by atoms with E-state index in [9.17, 15) is 22.8 Å². The molecule has 0 saturated heterocycles. The van der Waals surface area contributed by atoms with E-state index in [1.54, 1.807) is 12.1 Å². The molecule has 2 N–H and O–H groups in total. The molecule has 2 aromatic carbocycles. The Balaban J connectivity index is 2.02. The van der Waals surface area contributed by atoms with Crippen molar-refractivity contribution in [3.05, 3.63) is 59.7 Å². The van der Waals surface area contributed by atoms with Gasteiger partial charge in [-0.1, -0.05) is 25.5 Å². The lowest BCUT2D eigenvalue weighted by Crippen LogP contribution is -2.21. The maximum Gasteiger partial charge on any atom is 0.416 e. The zero-order chi connectivity index (χ0) is 19.9. The summed E-state index contributed by atoms with van der Waals surface area (Å²) in [6.45, 7) is 2.25. The first-order chi connectivity index (χ1) is 12.8. The minimum atomic E-state index is -4.45. The van der Waals surface area contributed by atoms with E-state index in [1.807, 2.05) is 6.92 Å². The van der Waals surface area contributed by atoms with E-state index in [0.717, 1.165) is 37.1 Å². The normalized spacial score (nSPS) is 11.0. The number of hydrogen-bond donors (Lipinski definition) is 2. The molecule has 0 aliphatic rings. The monoisotopic (exact) mass is 380 g/mol. The van der Waals surface area contributed by atoms with Crippen LogP contribution < -0.4 is 10.6 Å². The van der Waals surface area contributed by atoms with Crippen LogP contribution in [0.2, 0.25) is 0 Å². The molecular formula is C19H19F3N2O3. The molecule has 0 fully saturated rings. The fraction of sp³-hybridized carbons (Fsp3) is 0.263. The van der Waals surface area contributed by atoms with Gasteiger partial charge < -0.3 is 15.4 Å². The molecule has 2 aromatic rings. The highest BCUT2D eigenvalue weighted by atomic mass is 19.4. The van der Waals surface area contributed by atoms with Gasteiger partial charge in [-0.05, 0) is 42.8 Å². The van der Waals surface area contributed by atoms with Gasteiger partial charge in [0.25, 0.3) is 0 Å². The van der Waals surface area contributed by atoms with Crippen LogP contribution in [0.3, 0.4) is 0 Å². The number of unbranched alkanes of at least 4 members (excludes halogenated alkanes) is 1.